The summed E-state index contributed by atoms with van der Waals surface area (Å²) < 4.78 is 0. The van der Waals surface area contributed by atoms with E-state index >= 15 is 0 Å². The van der Waals surface area contributed by atoms with Crippen LogP contribution in [0.3, 0.4) is 0 Å². The van der Waals surface area contributed by atoms with Gasteiger partial charge in [-0.15, -0.1) is 11.3 Å². The van der Waals surface area contributed by atoms with Gasteiger partial charge in [0, 0.05) is 23.5 Å². The van der Waals surface area contributed by atoms with E-state index in [9.17, 15) is 0 Å². The SMILES string of the molecule is NC1CC1c1nccs1. The van der Waals surface area contributed by atoms with Crippen LogP contribution in [0.5, 0.6) is 0 Å². The maximum Gasteiger partial charge on any atom is 0.0971 e. The topological polar surface area (TPSA) is 38.9 Å². The molecule has 2 rings (SSSR count). The Bertz CT molecular complexity index is 195. The molecular weight excluding hydrogens is 132 g/mol. The zero-order chi connectivity index (χ0) is 6.27. The summed E-state index contributed by atoms with van der Waals surface area (Å²) in [5.74, 6) is 0.588. The number of hydrogen-bond donors (Lipinski definition) is 1. The van der Waals surface area contributed by atoms with Crippen LogP contribution in [0.25, 0.3) is 0 Å². The molecule has 1 saturated carbocycles. The third-order valence-corrected chi connectivity index (χ3v) is 2.52. The molecule has 1 fully saturated rings. The second-order valence-electron chi connectivity index (χ2n) is 2.38. The van der Waals surface area contributed by atoms with Crippen LogP contribution in [0.1, 0.15) is 17.3 Å². The molecule has 2 unspecified atom stereocenters. The van der Waals surface area contributed by atoms with Gasteiger partial charge in [0.15, 0.2) is 0 Å². The Morgan fingerprint density at radius 3 is 3.00 bits per heavy atom. The average Bonchev–Trinajstić information content (AvgIpc) is 2.44. The molecule has 0 radical (unpaired) electrons. The highest BCUT2D eigenvalue weighted by Crippen LogP contribution is 2.39. The van der Waals surface area contributed by atoms with Crippen molar-refractivity contribution in [1.82, 2.24) is 4.98 Å². The summed E-state index contributed by atoms with van der Waals surface area (Å²) in [4.78, 5) is 4.17. The Kier molecular flexibility index (Phi) is 1.07. The molecule has 1 aliphatic rings. The highest BCUT2D eigenvalue weighted by molar-refractivity contribution is 7.09. The fourth-order valence-electron chi connectivity index (χ4n) is 0.916. The number of thiazole rings is 1. The van der Waals surface area contributed by atoms with Crippen LogP contribution >= 0.6 is 11.3 Å². The first-order valence-corrected chi connectivity index (χ1v) is 3.91. The van der Waals surface area contributed by atoms with E-state index in [1.54, 1.807) is 11.3 Å². The number of rotatable bonds is 1. The molecule has 0 amide bonds. The first kappa shape index (κ1) is 5.38. The van der Waals surface area contributed by atoms with E-state index in [1.807, 2.05) is 11.6 Å². The van der Waals surface area contributed by atoms with Crippen molar-refractivity contribution in [2.45, 2.75) is 18.4 Å². The van der Waals surface area contributed by atoms with Crippen molar-refractivity contribution in [3.63, 3.8) is 0 Å². The zero-order valence-corrected chi connectivity index (χ0v) is 5.77. The molecule has 0 saturated heterocycles. The third-order valence-electron chi connectivity index (χ3n) is 1.61. The van der Waals surface area contributed by atoms with Gasteiger partial charge in [0.2, 0.25) is 0 Å². The Labute approximate surface area is 57.7 Å². The Hall–Kier alpha value is -0.410. The molecule has 1 aliphatic carbocycles. The molecule has 0 aliphatic heterocycles. The number of nitrogens with zero attached hydrogens (tertiary/aromatic N) is 1. The van der Waals surface area contributed by atoms with Gasteiger partial charge in [-0.2, -0.15) is 0 Å². The number of hydrogen-bond acceptors (Lipinski definition) is 3. The van der Waals surface area contributed by atoms with E-state index in [0.717, 1.165) is 6.42 Å². The first-order chi connectivity index (χ1) is 4.38. The molecule has 48 valence electrons. The van der Waals surface area contributed by atoms with Crippen molar-refractivity contribution < 1.29 is 0 Å². The molecule has 2 N–H and O–H groups in total. The molecular formula is C6H8N2S. The molecule has 2 atom stereocenters. The van der Waals surface area contributed by atoms with E-state index in [2.05, 4.69) is 4.98 Å². The molecule has 0 aromatic carbocycles. The molecule has 1 aromatic rings. The van der Waals surface area contributed by atoms with E-state index < -0.39 is 0 Å². The highest BCUT2D eigenvalue weighted by Gasteiger charge is 2.36. The Morgan fingerprint density at radius 1 is 1.78 bits per heavy atom. The van der Waals surface area contributed by atoms with Crippen LogP contribution in [0.4, 0.5) is 0 Å². The predicted molar refractivity (Wildman–Crippen MR) is 37.4 cm³/mol. The van der Waals surface area contributed by atoms with Crippen molar-refractivity contribution in [3.8, 4) is 0 Å². The van der Waals surface area contributed by atoms with Gasteiger partial charge in [-0.05, 0) is 6.42 Å². The van der Waals surface area contributed by atoms with Gasteiger partial charge in [0.25, 0.3) is 0 Å². The Balaban J connectivity index is 2.18. The van der Waals surface area contributed by atoms with Crippen molar-refractivity contribution in [3.05, 3.63) is 16.6 Å². The molecule has 9 heavy (non-hydrogen) atoms. The molecule has 0 bridgehead atoms. The van der Waals surface area contributed by atoms with Crippen LogP contribution in [-0.2, 0) is 0 Å². The first-order valence-electron chi connectivity index (χ1n) is 3.03. The minimum absolute atomic E-state index is 0.399. The predicted octanol–water partition coefficient (Wildman–Crippen LogP) is 0.958. The van der Waals surface area contributed by atoms with Crippen molar-refractivity contribution in [2.75, 3.05) is 0 Å². The Morgan fingerprint density at radius 2 is 2.56 bits per heavy atom. The quantitative estimate of drug-likeness (QED) is 0.631. The van der Waals surface area contributed by atoms with Crippen molar-refractivity contribution in [2.24, 2.45) is 5.73 Å². The lowest BCUT2D eigenvalue weighted by Gasteiger charge is -1.84. The number of nitrogens with two attached hydrogens (primary N) is 1. The van der Waals surface area contributed by atoms with Gasteiger partial charge in [0.1, 0.15) is 0 Å². The van der Waals surface area contributed by atoms with E-state index in [4.69, 9.17) is 5.73 Å². The molecule has 1 aromatic heterocycles. The van der Waals surface area contributed by atoms with Gasteiger partial charge in [-0.3, -0.25) is 0 Å². The highest BCUT2D eigenvalue weighted by atomic mass is 32.1. The molecule has 0 spiro atoms. The third kappa shape index (κ3) is 0.862. The molecule has 3 heteroatoms. The second-order valence-corrected chi connectivity index (χ2v) is 3.30. The standard InChI is InChI=1S/C6H8N2S/c7-5-3-4(5)6-8-1-2-9-6/h1-2,4-5H,3,7H2. The minimum atomic E-state index is 0.399. The van der Waals surface area contributed by atoms with Gasteiger partial charge >= 0.3 is 0 Å². The smallest absolute Gasteiger partial charge is 0.0971 e. The van der Waals surface area contributed by atoms with Crippen LogP contribution in [-0.4, -0.2) is 11.0 Å². The number of aromatic nitrogens is 1. The summed E-state index contributed by atoms with van der Waals surface area (Å²) in [6, 6.07) is 0.399. The normalized spacial score (nSPS) is 32.6. The van der Waals surface area contributed by atoms with E-state index in [1.165, 1.54) is 5.01 Å². The van der Waals surface area contributed by atoms with Crippen LogP contribution in [0, 0.1) is 0 Å². The minimum Gasteiger partial charge on any atom is -0.327 e. The van der Waals surface area contributed by atoms with Crippen LogP contribution in [0.15, 0.2) is 11.6 Å². The van der Waals surface area contributed by atoms with Crippen molar-refractivity contribution in [1.29, 1.82) is 0 Å². The summed E-state index contributed by atoms with van der Waals surface area (Å²) >= 11 is 1.71. The summed E-state index contributed by atoms with van der Waals surface area (Å²) in [7, 11) is 0. The zero-order valence-electron chi connectivity index (χ0n) is 4.95. The van der Waals surface area contributed by atoms with Gasteiger partial charge < -0.3 is 5.73 Å². The summed E-state index contributed by atoms with van der Waals surface area (Å²) in [5, 5.41) is 3.21. The van der Waals surface area contributed by atoms with Gasteiger partial charge in [0.05, 0.1) is 5.01 Å². The molecule has 2 nitrogen and oxygen atoms in total. The summed E-state index contributed by atoms with van der Waals surface area (Å²) in [6.07, 6.45) is 2.97. The lowest BCUT2D eigenvalue weighted by molar-refractivity contribution is 0.975. The summed E-state index contributed by atoms with van der Waals surface area (Å²) in [5.41, 5.74) is 5.62. The lowest BCUT2D eigenvalue weighted by atomic mass is 10.4. The van der Waals surface area contributed by atoms with E-state index in [-0.39, 0.29) is 0 Å². The van der Waals surface area contributed by atoms with Gasteiger partial charge in [-0.1, -0.05) is 0 Å². The fraction of sp³-hybridized carbons (Fsp3) is 0.500. The van der Waals surface area contributed by atoms with Crippen molar-refractivity contribution >= 4 is 11.3 Å². The monoisotopic (exact) mass is 140 g/mol. The van der Waals surface area contributed by atoms with Crippen LogP contribution < -0.4 is 5.73 Å². The van der Waals surface area contributed by atoms with Gasteiger partial charge in [-0.25, -0.2) is 4.98 Å². The second kappa shape index (κ2) is 1.78. The van der Waals surface area contributed by atoms with E-state index in [0.29, 0.717) is 12.0 Å². The molecule has 1 heterocycles. The maximum absolute atomic E-state index is 5.62. The summed E-state index contributed by atoms with van der Waals surface area (Å²) in [6.45, 7) is 0. The lowest BCUT2D eigenvalue weighted by Crippen LogP contribution is -2.00. The average molecular weight is 140 g/mol. The largest absolute Gasteiger partial charge is 0.327 e. The van der Waals surface area contributed by atoms with Crippen LogP contribution in [0.2, 0.25) is 0 Å². The maximum atomic E-state index is 5.62. The fourth-order valence-corrected chi connectivity index (χ4v) is 1.74.